The minimum Gasteiger partial charge on any atom is -0.351 e. The summed E-state index contributed by atoms with van der Waals surface area (Å²) in [6.07, 6.45) is 6.89. The molecule has 0 saturated heterocycles. The molecule has 1 fully saturated rings. The zero-order valence-corrected chi connectivity index (χ0v) is 19.8. The summed E-state index contributed by atoms with van der Waals surface area (Å²) < 4.78 is 15.9. The van der Waals surface area contributed by atoms with E-state index < -0.39 is 0 Å². The van der Waals surface area contributed by atoms with E-state index >= 15 is 0 Å². The predicted octanol–water partition coefficient (Wildman–Crippen LogP) is 5.03. The highest BCUT2D eigenvalue weighted by molar-refractivity contribution is 5.94. The maximum atomic E-state index is 13.7. The molecule has 0 spiro atoms. The van der Waals surface area contributed by atoms with Gasteiger partial charge in [-0.15, -0.1) is 0 Å². The van der Waals surface area contributed by atoms with E-state index in [4.69, 9.17) is 9.97 Å². The fourth-order valence-corrected chi connectivity index (χ4v) is 4.92. The molecule has 2 aliphatic rings. The second-order valence-corrected chi connectivity index (χ2v) is 9.41. The van der Waals surface area contributed by atoms with Crippen LogP contribution in [-0.2, 0) is 6.42 Å². The highest BCUT2D eigenvalue weighted by atomic mass is 19.1. The Labute approximate surface area is 208 Å². The van der Waals surface area contributed by atoms with Crippen LogP contribution in [0, 0.1) is 5.82 Å². The van der Waals surface area contributed by atoms with Gasteiger partial charge in [0.15, 0.2) is 0 Å². The molecule has 3 heterocycles. The summed E-state index contributed by atoms with van der Waals surface area (Å²) in [5.74, 6) is 1.15. The van der Waals surface area contributed by atoms with Crippen molar-refractivity contribution in [2.75, 3.05) is 11.9 Å². The van der Waals surface area contributed by atoms with Crippen LogP contribution >= 0.6 is 0 Å². The largest absolute Gasteiger partial charge is 0.351 e. The number of aryl methyl sites for hydroxylation is 1. The van der Waals surface area contributed by atoms with E-state index in [2.05, 4.69) is 20.2 Å². The van der Waals surface area contributed by atoms with Gasteiger partial charge < -0.3 is 15.2 Å². The highest BCUT2D eigenvalue weighted by Gasteiger charge is 2.31. The number of carbonyl (C=O) groups excluding carboxylic acids is 1. The van der Waals surface area contributed by atoms with Crippen molar-refractivity contribution in [3.8, 4) is 22.6 Å². The molecular weight excluding hydrogens is 455 g/mol. The summed E-state index contributed by atoms with van der Waals surface area (Å²) in [6.45, 7) is 0.477. The van der Waals surface area contributed by atoms with Crippen molar-refractivity contribution in [2.24, 2.45) is 0 Å². The first-order chi connectivity index (χ1) is 17.7. The van der Waals surface area contributed by atoms with Crippen LogP contribution in [0.4, 0.5) is 10.3 Å². The van der Waals surface area contributed by atoms with Crippen LogP contribution in [0.3, 0.4) is 0 Å². The fourth-order valence-electron chi connectivity index (χ4n) is 4.92. The molecule has 1 atom stereocenters. The third kappa shape index (κ3) is 4.34. The number of hydrogen-bond donors (Lipinski definition) is 2. The second kappa shape index (κ2) is 9.53. The van der Waals surface area contributed by atoms with Crippen LogP contribution in [0.15, 0.2) is 66.9 Å². The molecule has 8 heteroatoms. The number of aromatic nitrogens is 4. The molecule has 1 amide bonds. The molecule has 2 N–H and O–H groups in total. The first kappa shape index (κ1) is 22.4. The van der Waals surface area contributed by atoms with Gasteiger partial charge in [0.2, 0.25) is 5.95 Å². The number of hydrogen-bond acceptors (Lipinski definition) is 5. The van der Waals surface area contributed by atoms with E-state index in [0.29, 0.717) is 24.1 Å². The Morgan fingerprint density at radius 3 is 2.56 bits per heavy atom. The van der Waals surface area contributed by atoms with Crippen LogP contribution in [0.5, 0.6) is 0 Å². The van der Waals surface area contributed by atoms with Crippen LogP contribution in [0.25, 0.3) is 22.6 Å². The molecular formula is C28H27FN6O. The molecule has 1 unspecified atom stereocenters. The molecule has 1 aliphatic carbocycles. The molecule has 6 rings (SSSR count). The van der Waals surface area contributed by atoms with Gasteiger partial charge in [-0.25, -0.2) is 19.3 Å². The summed E-state index contributed by atoms with van der Waals surface area (Å²) >= 11 is 0. The van der Waals surface area contributed by atoms with Crippen molar-refractivity contribution in [3.63, 3.8) is 0 Å². The zero-order valence-electron chi connectivity index (χ0n) is 19.8. The van der Waals surface area contributed by atoms with E-state index in [-0.39, 0.29) is 17.8 Å². The number of imidazole rings is 1. The number of fused-ring (bicyclic) bond motifs is 1. The number of halogens is 1. The normalized spacial score (nSPS) is 16.9. The van der Waals surface area contributed by atoms with Gasteiger partial charge in [0.05, 0.1) is 23.1 Å². The monoisotopic (exact) mass is 482 g/mol. The quantitative estimate of drug-likeness (QED) is 0.386. The minimum absolute atomic E-state index is 0.0300. The molecule has 4 aromatic rings. The Bertz CT molecular complexity index is 1380. The molecule has 1 aliphatic heterocycles. The number of anilines is 1. The second-order valence-electron chi connectivity index (χ2n) is 9.41. The van der Waals surface area contributed by atoms with Gasteiger partial charge in [-0.05, 0) is 68.1 Å². The molecule has 0 radical (unpaired) electrons. The maximum absolute atomic E-state index is 13.7. The minimum atomic E-state index is -0.289. The summed E-state index contributed by atoms with van der Waals surface area (Å²) in [7, 11) is 0. The van der Waals surface area contributed by atoms with Crippen molar-refractivity contribution in [2.45, 2.75) is 44.2 Å². The summed E-state index contributed by atoms with van der Waals surface area (Å²) in [4.78, 5) is 27.0. The smallest absolute Gasteiger partial charge is 0.251 e. The Morgan fingerprint density at radius 2 is 1.81 bits per heavy atom. The van der Waals surface area contributed by atoms with Gasteiger partial charge in [-0.1, -0.05) is 18.2 Å². The Kier molecular flexibility index (Phi) is 5.93. The molecule has 7 nitrogen and oxygen atoms in total. The lowest BCUT2D eigenvalue weighted by atomic mass is 9.93. The SMILES string of the molecule is O=C(NCC1CCc2nc(-c3ccc(F)cc3)c(-c3ccnc(NC4CCC4)n3)n21)c1ccccc1. The van der Waals surface area contributed by atoms with Gasteiger partial charge in [0.25, 0.3) is 5.91 Å². The summed E-state index contributed by atoms with van der Waals surface area (Å²) in [5.41, 5.74) is 3.85. The Hall–Kier alpha value is -4.07. The third-order valence-electron chi connectivity index (χ3n) is 7.04. The van der Waals surface area contributed by atoms with Crippen molar-refractivity contribution in [3.05, 3.63) is 84.1 Å². The first-order valence-electron chi connectivity index (χ1n) is 12.5. The van der Waals surface area contributed by atoms with Gasteiger partial charge in [-0.2, -0.15) is 0 Å². The first-order valence-corrected chi connectivity index (χ1v) is 12.5. The zero-order chi connectivity index (χ0) is 24.5. The molecule has 0 bridgehead atoms. The topological polar surface area (TPSA) is 84.7 Å². The lowest BCUT2D eigenvalue weighted by Gasteiger charge is -2.26. The van der Waals surface area contributed by atoms with Crippen molar-refractivity contribution >= 4 is 11.9 Å². The Morgan fingerprint density at radius 1 is 1.00 bits per heavy atom. The van der Waals surface area contributed by atoms with E-state index in [1.54, 1.807) is 18.3 Å². The van der Waals surface area contributed by atoms with Gasteiger partial charge in [-0.3, -0.25) is 4.79 Å². The highest BCUT2D eigenvalue weighted by Crippen LogP contribution is 2.39. The van der Waals surface area contributed by atoms with Crippen molar-refractivity contribution in [1.29, 1.82) is 0 Å². The summed E-state index contributed by atoms with van der Waals surface area (Å²) in [6, 6.07) is 17.9. The maximum Gasteiger partial charge on any atom is 0.251 e. The number of rotatable bonds is 7. The van der Waals surface area contributed by atoms with E-state index in [1.165, 1.54) is 18.6 Å². The van der Waals surface area contributed by atoms with Crippen LogP contribution in [-0.4, -0.2) is 38.0 Å². The van der Waals surface area contributed by atoms with Crippen LogP contribution in [0.2, 0.25) is 0 Å². The number of benzene rings is 2. The lowest BCUT2D eigenvalue weighted by molar-refractivity contribution is 0.0948. The molecule has 1 saturated carbocycles. The van der Waals surface area contributed by atoms with Crippen LogP contribution in [0.1, 0.15) is 47.9 Å². The molecule has 36 heavy (non-hydrogen) atoms. The predicted molar refractivity (Wildman–Crippen MR) is 136 cm³/mol. The van der Waals surface area contributed by atoms with Gasteiger partial charge >= 0.3 is 0 Å². The number of nitrogens with zero attached hydrogens (tertiary/aromatic N) is 4. The lowest BCUT2D eigenvalue weighted by Crippen LogP contribution is -2.30. The van der Waals surface area contributed by atoms with E-state index in [9.17, 15) is 9.18 Å². The van der Waals surface area contributed by atoms with Gasteiger partial charge in [0, 0.05) is 36.3 Å². The average Bonchev–Trinajstić information content (AvgIpc) is 3.45. The van der Waals surface area contributed by atoms with E-state index in [1.807, 2.05) is 36.4 Å². The number of amides is 1. The standard InChI is InChI=1S/C28H27FN6O/c29-20-11-9-18(10-12-20)25-26(23-15-16-30-28(33-23)32-21-7-4-8-21)35-22(13-14-24(35)34-25)17-31-27(36)19-5-2-1-3-6-19/h1-3,5-6,9-12,15-16,21-22H,4,7-8,13-14,17H2,(H,31,36)(H,30,32,33). The number of nitrogens with one attached hydrogen (secondary N) is 2. The van der Waals surface area contributed by atoms with Crippen LogP contribution < -0.4 is 10.6 Å². The third-order valence-corrected chi connectivity index (χ3v) is 7.04. The average molecular weight is 483 g/mol. The van der Waals surface area contributed by atoms with Gasteiger partial charge in [0.1, 0.15) is 11.6 Å². The Balaban J connectivity index is 1.36. The molecule has 2 aromatic carbocycles. The van der Waals surface area contributed by atoms with Crippen molar-refractivity contribution in [1.82, 2.24) is 24.8 Å². The summed E-state index contributed by atoms with van der Waals surface area (Å²) in [5, 5.41) is 6.51. The fraction of sp³-hybridized carbons (Fsp3) is 0.286. The molecule has 2 aromatic heterocycles. The van der Waals surface area contributed by atoms with Crippen molar-refractivity contribution < 1.29 is 9.18 Å². The molecule has 182 valence electrons. The van der Waals surface area contributed by atoms with E-state index in [0.717, 1.165) is 54.2 Å². The number of carbonyl (C=O) groups is 1.